The predicted molar refractivity (Wildman–Crippen MR) is 96.3 cm³/mol. The Kier molecular flexibility index (Phi) is 5.03. The van der Waals surface area contributed by atoms with Crippen LogP contribution in [-0.4, -0.2) is 31.0 Å². The van der Waals surface area contributed by atoms with Gasteiger partial charge in [0.25, 0.3) is 5.91 Å². The first-order valence-electron chi connectivity index (χ1n) is 7.78. The van der Waals surface area contributed by atoms with E-state index < -0.39 is 16.5 Å². The fourth-order valence-corrected chi connectivity index (χ4v) is 4.06. The van der Waals surface area contributed by atoms with Crippen molar-refractivity contribution >= 4 is 22.2 Å². The van der Waals surface area contributed by atoms with E-state index in [1.165, 1.54) is 0 Å². The van der Waals surface area contributed by atoms with Crippen LogP contribution >= 0.6 is 10.6 Å². The number of rotatable bonds is 7. The van der Waals surface area contributed by atoms with E-state index in [4.69, 9.17) is 15.1 Å². The molecule has 1 atom stereocenters. The van der Waals surface area contributed by atoms with E-state index in [9.17, 15) is 9.35 Å². The highest BCUT2D eigenvalue weighted by Crippen LogP contribution is 2.61. The molecule has 1 aromatic carbocycles. The molecule has 1 unspecified atom stereocenters. The third kappa shape index (κ3) is 4.16. The van der Waals surface area contributed by atoms with Crippen LogP contribution in [0, 0.1) is 0 Å². The minimum atomic E-state index is -2.53. The zero-order valence-corrected chi connectivity index (χ0v) is 14.3. The molecule has 1 aliphatic rings. The first kappa shape index (κ1) is 17.4. The number of oxime groups is 1. The molecule has 3 rings (SSSR count). The SMILES string of the molecule is NC(=O)/C(=N/OCc1ccccn1)c1ccc(S(O)([OH2+])C2CC2)cc1. The summed E-state index contributed by atoms with van der Waals surface area (Å²) in [6.45, 7) is 0.119. The zero-order valence-electron chi connectivity index (χ0n) is 13.5. The fraction of sp³-hybridized carbons (Fsp3) is 0.235. The molecule has 1 saturated carbocycles. The molecule has 1 amide bonds. The standard InChI is InChI=1S/C17H19N3O4S/c18-17(21)16(20-24-11-13-3-1-2-10-19-13)12-4-6-14(7-5-12)25(22,23)15-8-9-15/h1-7,10,15,22-23H,8-9,11H2,(H2,18,21)/p+1/b20-16+. The van der Waals surface area contributed by atoms with E-state index in [0.29, 0.717) is 16.2 Å². The van der Waals surface area contributed by atoms with Gasteiger partial charge in [-0.05, 0) is 37.1 Å². The number of carbonyl (C=O) groups is 1. The lowest BCUT2D eigenvalue weighted by Gasteiger charge is -2.27. The average Bonchev–Trinajstić information content (AvgIpc) is 3.45. The first-order chi connectivity index (χ1) is 12.0. The first-order valence-corrected chi connectivity index (χ1v) is 9.43. The summed E-state index contributed by atoms with van der Waals surface area (Å²) in [6.07, 6.45) is 3.40. The fourth-order valence-electron chi connectivity index (χ4n) is 2.31. The van der Waals surface area contributed by atoms with Crippen molar-refractivity contribution in [2.24, 2.45) is 10.9 Å². The van der Waals surface area contributed by atoms with Crippen LogP contribution in [-0.2, 0) is 16.2 Å². The van der Waals surface area contributed by atoms with Gasteiger partial charge in [0.2, 0.25) is 0 Å². The lowest BCUT2D eigenvalue weighted by molar-refractivity contribution is -0.112. The highest BCUT2D eigenvalue weighted by Gasteiger charge is 2.40. The smallest absolute Gasteiger partial charge is 0.271 e. The molecular formula is C17H20N3O4S+. The second-order valence-electron chi connectivity index (χ2n) is 5.75. The van der Waals surface area contributed by atoms with Crippen LogP contribution in [0.3, 0.4) is 0 Å². The number of hydrogen-bond donors (Lipinski definition) is 2. The summed E-state index contributed by atoms with van der Waals surface area (Å²) in [7, 11) is -2.53. The van der Waals surface area contributed by atoms with Crippen LogP contribution in [0.4, 0.5) is 0 Å². The van der Waals surface area contributed by atoms with Crippen LogP contribution in [0.2, 0.25) is 0 Å². The highest BCUT2D eigenvalue weighted by molar-refractivity contribution is 8.25. The Morgan fingerprint density at radius 2 is 2.04 bits per heavy atom. The lowest BCUT2D eigenvalue weighted by atomic mass is 10.1. The van der Waals surface area contributed by atoms with Gasteiger partial charge in [0.1, 0.15) is 4.90 Å². The molecule has 0 spiro atoms. The van der Waals surface area contributed by atoms with Gasteiger partial charge in [-0.25, -0.2) is 0 Å². The van der Waals surface area contributed by atoms with Gasteiger partial charge in [0.15, 0.2) is 12.3 Å². The topological polar surface area (TPSA) is 121 Å². The van der Waals surface area contributed by atoms with Gasteiger partial charge >= 0.3 is 0 Å². The maximum atomic E-state index is 11.7. The summed E-state index contributed by atoms with van der Waals surface area (Å²) in [5.41, 5.74) is 6.52. The third-order valence-corrected chi connectivity index (χ3v) is 6.25. The molecule has 25 heavy (non-hydrogen) atoms. The largest absolute Gasteiger partial charge is 0.389 e. The zero-order chi connectivity index (χ0) is 17.9. The van der Waals surface area contributed by atoms with Crippen molar-refractivity contribution in [1.82, 2.24) is 4.98 Å². The Morgan fingerprint density at radius 3 is 2.60 bits per heavy atom. The van der Waals surface area contributed by atoms with Crippen molar-refractivity contribution in [2.75, 3.05) is 0 Å². The molecule has 0 saturated heterocycles. The summed E-state index contributed by atoms with van der Waals surface area (Å²) in [5.74, 6) is -0.718. The number of amides is 1. The van der Waals surface area contributed by atoms with Gasteiger partial charge in [-0.1, -0.05) is 33.9 Å². The van der Waals surface area contributed by atoms with E-state index in [1.54, 1.807) is 42.6 Å². The normalized spacial score (nSPS) is 18.2. The van der Waals surface area contributed by atoms with Gasteiger partial charge < -0.3 is 15.1 Å². The molecule has 0 radical (unpaired) electrons. The highest BCUT2D eigenvalue weighted by atomic mass is 32.3. The molecule has 0 bridgehead atoms. The number of nitrogens with zero attached hydrogens (tertiary/aromatic N) is 2. The molecule has 1 aliphatic carbocycles. The van der Waals surface area contributed by atoms with E-state index in [2.05, 4.69) is 10.1 Å². The molecule has 7 nitrogen and oxygen atoms in total. The monoisotopic (exact) mass is 362 g/mol. The van der Waals surface area contributed by atoms with E-state index in [1.807, 2.05) is 6.07 Å². The van der Waals surface area contributed by atoms with E-state index in [0.717, 1.165) is 12.8 Å². The van der Waals surface area contributed by atoms with Crippen molar-refractivity contribution < 1.29 is 18.7 Å². The lowest BCUT2D eigenvalue weighted by Crippen LogP contribution is -2.24. The number of hydrogen-bond acceptors (Lipinski definition) is 5. The Morgan fingerprint density at radius 1 is 1.32 bits per heavy atom. The quantitative estimate of drug-likeness (QED) is 0.444. The summed E-state index contributed by atoms with van der Waals surface area (Å²) in [5, 5.41) is 3.87. The van der Waals surface area contributed by atoms with Crippen LogP contribution in [0.15, 0.2) is 58.7 Å². The molecular weight excluding hydrogens is 342 g/mol. The number of pyridine rings is 1. The molecule has 1 aromatic heterocycles. The van der Waals surface area contributed by atoms with Crippen molar-refractivity contribution in [1.29, 1.82) is 0 Å². The molecule has 2 aromatic rings. The maximum absolute atomic E-state index is 11.7. The van der Waals surface area contributed by atoms with E-state index in [-0.39, 0.29) is 17.6 Å². The number of benzene rings is 1. The molecule has 1 heterocycles. The minimum absolute atomic E-state index is 0.0163. The summed E-state index contributed by atoms with van der Waals surface area (Å²) < 4.78 is 18.5. The molecule has 132 valence electrons. The summed E-state index contributed by atoms with van der Waals surface area (Å²) in [6, 6.07) is 11.9. The third-order valence-electron chi connectivity index (χ3n) is 3.82. The summed E-state index contributed by atoms with van der Waals surface area (Å²) >= 11 is 0. The van der Waals surface area contributed by atoms with Crippen molar-refractivity contribution in [3.05, 3.63) is 59.9 Å². The maximum Gasteiger partial charge on any atom is 0.271 e. The molecule has 0 aliphatic heterocycles. The summed E-state index contributed by atoms with van der Waals surface area (Å²) in [4.78, 5) is 21.5. The van der Waals surface area contributed by atoms with Gasteiger partial charge in [-0.15, -0.1) is 0 Å². The van der Waals surface area contributed by atoms with Crippen LogP contribution in [0.5, 0.6) is 0 Å². The van der Waals surface area contributed by atoms with Crippen LogP contribution < -0.4 is 5.73 Å². The van der Waals surface area contributed by atoms with Gasteiger partial charge in [-0.3, -0.25) is 14.3 Å². The van der Waals surface area contributed by atoms with Crippen molar-refractivity contribution in [3.63, 3.8) is 0 Å². The Hall–Kier alpha value is -2.42. The predicted octanol–water partition coefficient (Wildman–Crippen LogP) is 1.93. The second-order valence-corrected chi connectivity index (χ2v) is 8.14. The molecule has 8 heteroatoms. The van der Waals surface area contributed by atoms with Crippen molar-refractivity contribution in [3.8, 4) is 0 Å². The molecule has 5 N–H and O–H groups in total. The number of aromatic nitrogens is 1. The van der Waals surface area contributed by atoms with Crippen LogP contribution in [0.25, 0.3) is 0 Å². The Labute approximate surface area is 146 Å². The van der Waals surface area contributed by atoms with Gasteiger partial charge in [-0.2, -0.15) is 0 Å². The molecule has 1 fully saturated rings. The van der Waals surface area contributed by atoms with Gasteiger partial charge in [0.05, 0.1) is 10.9 Å². The minimum Gasteiger partial charge on any atom is -0.389 e. The number of primary amides is 1. The Bertz CT molecular complexity index is 774. The van der Waals surface area contributed by atoms with Gasteiger partial charge in [0, 0.05) is 11.8 Å². The second kappa shape index (κ2) is 7.22. The van der Waals surface area contributed by atoms with Crippen LogP contribution in [0.1, 0.15) is 24.1 Å². The number of nitrogens with two attached hydrogens (primary N) is 1. The number of carbonyl (C=O) groups excluding carboxylic acids is 1. The van der Waals surface area contributed by atoms with Crippen molar-refractivity contribution in [2.45, 2.75) is 29.6 Å². The Balaban J connectivity index is 1.74. The van der Waals surface area contributed by atoms with E-state index >= 15 is 0 Å². The average molecular weight is 362 g/mol.